The summed E-state index contributed by atoms with van der Waals surface area (Å²) in [5, 5.41) is 11.0. The Morgan fingerprint density at radius 3 is 2.60 bits per heavy atom. The number of aryl methyl sites for hydroxylation is 2. The molecule has 0 N–H and O–H groups in total. The number of nitrogens with zero attached hydrogens (tertiary/aromatic N) is 3. The largest absolute Gasteiger partial charge is 0.292 e. The van der Waals surface area contributed by atoms with Gasteiger partial charge in [-0.05, 0) is 37.1 Å². The van der Waals surface area contributed by atoms with Gasteiger partial charge in [0.15, 0.2) is 5.78 Å². The van der Waals surface area contributed by atoms with Crippen molar-refractivity contribution >= 4 is 22.4 Å². The van der Waals surface area contributed by atoms with Crippen molar-refractivity contribution in [3.05, 3.63) is 79.9 Å². The number of Topliss-reactive ketones (excluding diaryl/α,β-unsaturated/α-hetero) is 1. The van der Waals surface area contributed by atoms with E-state index < -0.39 is 10.5 Å². The van der Waals surface area contributed by atoms with Crippen LogP contribution >= 0.6 is 0 Å². The first kappa shape index (κ1) is 16.5. The van der Waals surface area contributed by atoms with E-state index in [0.29, 0.717) is 11.1 Å². The number of non-ortho nitro benzene ring substituents is 1. The molecule has 0 spiro atoms. The number of aromatic nitrogens is 2. The van der Waals surface area contributed by atoms with Crippen molar-refractivity contribution in [1.82, 2.24) is 9.55 Å². The van der Waals surface area contributed by atoms with Crippen molar-refractivity contribution in [3.63, 3.8) is 0 Å². The molecule has 1 aromatic heterocycles. The fourth-order valence-electron chi connectivity index (χ4n) is 2.53. The molecule has 0 saturated heterocycles. The van der Waals surface area contributed by atoms with E-state index in [1.54, 1.807) is 12.1 Å². The Morgan fingerprint density at radius 1 is 1.16 bits per heavy atom. The normalized spacial score (nSPS) is 10.8. The number of hydrogen-bond acceptors (Lipinski definition) is 5. The highest BCUT2D eigenvalue weighted by Gasteiger charge is 2.13. The molecule has 3 aromatic rings. The van der Waals surface area contributed by atoms with Crippen LogP contribution in [-0.4, -0.2) is 20.3 Å². The Bertz CT molecular complexity index is 1070. The lowest BCUT2D eigenvalue weighted by atomic mass is 10.0. The number of nitro benzene ring substituents is 1. The van der Waals surface area contributed by atoms with E-state index in [1.807, 2.05) is 19.9 Å². The van der Waals surface area contributed by atoms with Crippen LogP contribution in [0.1, 0.15) is 21.5 Å². The molecule has 25 heavy (non-hydrogen) atoms. The van der Waals surface area contributed by atoms with E-state index in [4.69, 9.17) is 0 Å². The second kappa shape index (κ2) is 6.27. The molecule has 7 nitrogen and oxygen atoms in total. The fourth-order valence-corrected chi connectivity index (χ4v) is 2.53. The van der Waals surface area contributed by atoms with Gasteiger partial charge in [-0.2, -0.15) is 0 Å². The quantitative estimate of drug-likeness (QED) is 0.414. The number of benzene rings is 2. The smallest absolute Gasteiger partial charge is 0.270 e. The molecule has 3 rings (SSSR count). The van der Waals surface area contributed by atoms with Crippen molar-refractivity contribution in [1.29, 1.82) is 0 Å². The molecule has 0 bridgehead atoms. The van der Waals surface area contributed by atoms with Crippen LogP contribution in [0.2, 0.25) is 0 Å². The van der Waals surface area contributed by atoms with Gasteiger partial charge in [-0.1, -0.05) is 12.1 Å². The minimum atomic E-state index is -0.573. The number of nitro groups is 1. The van der Waals surface area contributed by atoms with E-state index in [1.165, 1.54) is 29.1 Å². The molecule has 0 fully saturated rings. The average Bonchev–Trinajstić information content (AvgIpc) is 2.59. The van der Waals surface area contributed by atoms with Gasteiger partial charge in [0.1, 0.15) is 0 Å². The SMILES string of the molecule is Cc1ccc(C(=O)Cn2cnc3ccc([N+](=O)[O-])cc3c2=O)cc1C. The van der Waals surface area contributed by atoms with Crippen molar-refractivity contribution in [2.24, 2.45) is 0 Å². The maximum Gasteiger partial charge on any atom is 0.270 e. The summed E-state index contributed by atoms with van der Waals surface area (Å²) in [7, 11) is 0. The highest BCUT2D eigenvalue weighted by atomic mass is 16.6. The van der Waals surface area contributed by atoms with Gasteiger partial charge in [-0.15, -0.1) is 0 Å². The zero-order valence-electron chi connectivity index (χ0n) is 13.7. The molecule has 0 saturated carbocycles. The lowest BCUT2D eigenvalue weighted by Gasteiger charge is -2.07. The molecule has 0 aliphatic rings. The first-order valence-corrected chi connectivity index (χ1v) is 7.61. The van der Waals surface area contributed by atoms with Crippen LogP contribution in [0.3, 0.4) is 0 Å². The number of ketones is 1. The van der Waals surface area contributed by atoms with E-state index in [-0.39, 0.29) is 23.4 Å². The minimum Gasteiger partial charge on any atom is -0.292 e. The lowest BCUT2D eigenvalue weighted by molar-refractivity contribution is -0.384. The van der Waals surface area contributed by atoms with E-state index >= 15 is 0 Å². The lowest BCUT2D eigenvalue weighted by Crippen LogP contribution is -2.24. The van der Waals surface area contributed by atoms with Gasteiger partial charge in [0, 0.05) is 17.7 Å². The van der Waals surface area contributed by atoms with Gasteiger partial charge in [0.2, 0.25) is 0 Å². The molecule has 0 unspecified atom stereocenters. The summed E-state index contributed by atoms with van der Waals surface area (Å²) < 4.78 is 1.17. The van der Waals surface area contributed by atoms with Crippen LogP contribution in [0.4, 0.5) is 5.69 Å². The predicted molar refractivity (Wildman–Crippen MR) is 92.9 cm³/mol. The molecule has 0 radical (unpaired) electrons. The van der Waals surface area contributed by atoms with Crippen LogP contribution in [0.15, 0.2) is 47.5 Å². The van der Waals surface area contributed by atoms with Crippen molar-refractivity contribution < 1.29 is 9.72 Å². The molecule has 0 aliphatic heterocycles. The molecule has 2 aromatic carbocycles. The van der Waals surface area contributed by atoms with Gasteiger partial charge in [-0.3, -0.25) is 24.3 Å². The van der Waals surface area contributed by atoms with Crippen molar-refractivity contribution in [2.75, 3.05) is 0 Å². The van der Waals surface area contributed by atoms with Crippen LogP contribution in [0.5, 0.6) is 0 Å². The molecular weight excluding hydrogens is 322 g/mol. The Morgan fingerprint density at radius 2 is 1.92 bits per heavy atom. The summed E-state index contributed by atoms with van der Waals surface area (Å²) in [5.41, 5.74) is 2.26. The second-order valence-corrected chi connectivity index (χ2v) is 5.86. The first-order valence-electron chi connectivity index (χ1n) is 7.61. The summed E-state index contributed by atoms with van der Waals surface area (Å²) >= 11 is 0. The summed E-state index contributed by atoms with van der Waals surface area (Å²) in [6.07, 6.45) is 1.29. The molecule has 0 atom stereocenters. The molecule has 0 amide bonds. The number of fused-ring (bicyclic) bond motifs is 1. The maximum absolute atomic E-state index is 12.5. The average molecular weight is 337 g/mol. The summed E-state index contributed by atoms with van der Waals surface area (Å²) in [6, 6.07) is 9.25. The standard InChI is InChI=1S/C18H15N3O4/c1-11-3-4-13(7-12(11)2)17(22)9-20-10-19-16-6-5-14(21(24)25)8-15(16)18(20)23/h3-8,10H,9H2,1-2H3. The summed E-state index contributed by atoms with van der Waals surface area (Å²) in [6.45, 7) is 3.69. The third-order valence-electron chi connectivity index (χ3n) is 4.16. The van der Waals surface area contributed by atoms with Crippen molar-refractivity contribution in [2.45, 2.75) is 20.4 Å². The second-order valence-electron chi connectivity index (χ2n) is 5.86. The summed E-state index contributed by atoms with van der Waals surface area (Å²) in [5.74, 6) is -0.225. The topological polar surface area (TPSA) is 95.1 Å². The van der Waals surface area contributed by atoms with Crippen LogP contribution < -0.4 is 5.56 Å². The zero-order chi connectivity index (χ0) is 18.1. The Balaban J connectivity index is 1.99. The zero-order valence-corrected chi connectivity index (χ0v) is 13.7. The number of carbonyl (C=O) groups excluding carboxylic acids is 1. The predicted octanol–water partition coefficient (Wildman–Crippen LogP) is 2.80. The number of rotatable bonds is 4. The molecular formula is C18H15N3O4. The monoisotopic (exact) mass is 337 g/mol. The Kier molecular flexibility index (Phi) is 4.14. The third-order valence-corrected chi connectivity index (χ3v) is 4.16. The molecule has 0 aliphatic carbocycles. The summed E-state index contributed by atoms with van der Waals surface area (Å²) in [4.78, 5) is 39.4. The molecule has 1 heterocycles. The van der Waals surface area contributed by atoms with Crippen LogP contribution in [-0.2, 0) is 6.54 Å². The van der Waals surface area contributed by atoms with Crippen LogP contribution in [0, 0.1) is 24.0 Å². The highest BCUT2D eigenvalue weighted by molar-refractivity contribution is 5.96. The minimum absolute atomic E-state index is 0.115. The van der Waals surface area contributed by atoms with E-state index in [0.717, 1.165) is 11.1 Å². The fraction of sp³-hybridized carbons (Fsp3) is 0.167. The van der Waals surface area contributed by atoms with Gasteiger partial charge in [0.25, 0.3) is 11.2 Å². The number of hydrogen-bond donors (Lipinski definition) is 0. The molecule has 126 valence electrons. The van der Waals surface area contributed by atoms with Gasteiger partial charge in [-0.25, -0.2) is 4.98 Å². The van der Waals surface area contributed by atoms with E-state index in [9.17, 15) is 19.7 Å². The Labute approximate surface area is 142 Å². The van der Waals surface area contributed by atoms with Gasteiger partial charge < -0.3 is 0 Å². The number of carbonyl (C=O) groups is 1. The Hall–Kier alpha value is -3.35. The maximum atomic E-state index is 12.5. The first-order chi connectivity index (χ1) is 11.9. The van der Waals surface area contributed by atoms with Gasteiger partial charge >= 0.3 is 0 Å². The van der Waals surface area contributed by atoms with Crippen molar-refractivity contribution in [3.8, 4) is 0 Å². The molecule has 7 heteroatoms. The highest BCUT2D eigenvalue weighted by Crippen LogP contribution is 2.16. The third kappa shape index (κ3) is 3.16. The van der Waals surface area contributed by atoms with Gasteiger partial charge in [0.05, 0.1) is 28.7 Å². The van der Waals surface area contributed by atoms with Crippen LogP contribution in [0.25, 0.3) is 10.9 Å². The van der Waals surface area contributed by atoms with E-state index in [2.05, 4.69) is 4.98 Å².